The van der Waals surface area contributed by atoms with Crippen LogP contribution in [0.5, 0.6) is 0 Å². The van der Waals surface area contributed by atoms with Crippen molar-refractivity contribution in [1.29, 1.82) is 0 Å². The summed E-state index contributed by atoms with van der Waals surface area (Å²) in [4.78, 5) is 0. The van der Waals surface area contributed by atoms with E-state index in [2.05, 4.69) is 10.9 Å². The lowest BCUT2D eigenvalue weighted by Crippen LogP contribution is -1.71. The van der Waals surface area contributed by atoms with Gasteiger partial charge >= 0.3 is 10.5 Å². The topological polar surface area (TPSA) is 46.5 Å². The second-order valence-corrected chi connectivity index (χ2v) is 2.69. The molecule has 1 aromatic rings. The van der Waals surface area contributed by atoms with Gasteiger partial charge in [0.15, 0.2) is 0 Å². The molecule has 0 aromatic heterocycles. The van der Waals surface area contributed by atoms with Crippen molar-refractivity contribution < 1.29 is 8.42 Å². The number of rotatable bonds is 2. The fourth-order valence-corrected chi connectivity index (χ4v) is 1.15. The smallest absolute Gasteiger partial charge is 0.163 e. The molecule has 0 radical (unpaired) electrons. The summed E-state index contributed by atoms with van der Waals surface area (Å²) in [5.41, 5.74) is 1.13. The van der Waals surface area contributed by atoms with Gasteiger partial charge in [0.05, 0.1) is 5.69 Å². The number of nitrogens with zero attached hydrogens (tertiary/aromatic N) is 1. The van der Waals surface area contributed by atoms with Crippen LogP contribution in [0.3, 0.4) is 0 Å². The minimum absolute atomic E-state index is 0.417. The van der Waals surface area contributed by atoms with Gasteiger partial charge in [-0.25, -0.2) is 0 Å². The molecule has 4 heteroatoms. The first-order chi connectivity index (χ1) is 5.74. The van der Waals surface area contributed by atoms with E-state index in [0.717, 1.165) is 0 Å². The van der Waals surface area contributed by atoms with E-state index >= 15 is 0 Å². The SMILES string of the molecule is C=Cc1ccccc1N=S(=O)=O. The highest BCUT2D eigenvalue weighted by Gasteiger charge is 1.94. The molecule has 0 unspecified atom stereocenters. The van der Waals surface area contributed by atoms with E-state index < -0.39 is 10.5 Å². The molecular formula is C8H7NO2S. The van der Waals surface area contributed by atoms with Crippen LogP contribution in [0, 0.1) is 0 Å². The molecule has 3 nitrogen and oxygen atoms in total. The lowest BCUT2D eigenvalue weighted by atomic mass is 10.2. The number of hydrogen-bond acceptors (Lipinski definition) is 3. The summed E-state index contributed by atoms with van der Waals surface area (Å²) in [5.74, 6) is 0. The Hall–Kier alpha value is -1.42. The molecule has 1 aromatic carbocycles. The minimum Gasteiger partial charge on any atom is -0.163 e. The third kappa shape index (κ3) is 2.03. The van der Waals surface area contributed by atoms with E-state index in [4.69, 9.17) is 0 Å². The highest BCUT2D eigenvalue weighted by Crippen LogP contribution is 2.18. The van der Waals surface area contributed by atoms with Crippen LogP contribution in [-0.2, 0) is 10.5 Å². The lowest BCUT2D eigenvalue weighted by molar-refractivity contribution is 0.622. The quantitative estimate of drug-likeness (QED) is 0.700. The monoisotopic (exact) mass is 181 g/mol. The Balaban J connectivity index is 3.32. The first-order valence-electron chi connectivity index (χ1n) is 3.26. The highest BCUT2D eigenvalue weighted by molar-refractivity contribution is 7.61. The van der Waals surface area contributed by atoms with E-state index in [1.54, 1.807) is 30.3 Å². The molecule has 0 N–H and O–H groups in total. The molecule has 0 aliphatic rings. The molecule has 0 saturated carbocycles. The van der Waals surface area contributed by atoms with Crippen LogP contribution in [0.25, 0.3) is 6.08 Å². The Labute approximate surface area is 72.1 Å². The molecule has 0 amide bonds. The van der Waals surface area contributed by atoms with Crippen LogP contribution in [0.4, 0.5) is 5.69 Å². The predicted molar refractivity (Wildman–Crippen MR) is 47.5 cm³/mol. The molecule has 0 saturated heterocycles. The van der Waals surface area contributed by atoms with E-state index in [9.17, 15) is 8.42 Å². The van der Waals surface area contributed by atoms with Crippen molar-refractivity contribution in [1.82, 2.24) is 0 Å². The van der Waals surface area contributed by atoms with Crippen LogP contribution in [-0.4, -0.2) is 8.42 Å². The summed E-state index contributed by atoms with van der Waals surface area (Å²) in [6.45, 7) is 3.54. The van der Waals surface area contributed by atoms with Crippen molar-refractivity contribution in [3.8, 4) is 0 Å². The maximum Gasteiger partial charge on any atom is 0.316 e. The van der Waals surface area contributed by atoms with E-state index in [0.29, 0.717) is 11.3 Å². The Morgan fingerprint density at radius 3 is 2.58 bits per heavy atom. The summed E-state index contributed by atoms with van der Waals surface area (Å²) in [6, 6.07) is 6.88. The van der Waals surface area contributed by atoms with Crippen LogP contribution in [0.1, 0.15) is 5.56 Å². The third-order valence-corrected chi connectivity index (χ3v) is 1.68. The number of benzene rings is 1. The van der Waals surface area contributed by atoms with Gasteiger partial charge in [0, 0.05) is 5.56 Å². The Bertz CT molecular complexity index is 412. The maximum absolute atomic E-state index is 10.2. The second kappa shape index (κ2) is 3.82. The fraction of sp³-hybridized carbons (Fsp3) is 0. The fourth-order valence-electron chi connectivity index (χ4n) is 0.824. The average Bonchev–Trinajstić information content (AvgIpc) is 2.04. The third-order valence-electron chi connectivity index (χ3n) is 1.33. The normalized spacial score (nSPS) is 9.00. The molecular weight excluding hydrogens is 174 g/mol. The zero-order chi connectivity index (χ0) is 8.97. The standard InChI is InChI=1S/C8H7NO2S/c1-2-7-5-3-4-6-8(7)9-12(10)11/h2-6H,1H2. The van der Waals surface area contributed by atoms with Gasteiger partial charge in [0.1, 0.15) is 0 Å². The first kappa shape index (κ1) is 8.67. The van der Waals surface area contributed by atoms with Crippen molar-refractivity contribution in [2.75, 3.05) is 0 Å². The molecule has 0 fully saturated rings. The van der Waals surface area contributed by atoms with Gasteiger partial charge in [0.25, 0.3) is 0 Å². The lowest BCUT2D eigenvalue weighted by Gasteiger charge is -1.94. The molecule has 1 rings (SSSR count). The van der Waals surface area contributed by atoms with Crippen LogP contribution in [0.2, 0.25) is 0 Å². The second-order valence-electron chi connectivity index (χ2n) is 2.07. The minimum atomic E-state index is -2.40. The highest BCUT2D eigenvalue weighted by atomic mass is 32.2. The summed E-state index contributed by atoms with van der Waals surface area (Å²) < 4.78 is 23.8. The van der Waals surface area contributed by atoms with Crippen LogP contribution < -0.4 is 0 Å². The van der Waals surface area contributed by atoms with Crippen molar-refractivity contribution >= 4 is 22.3 Å². The molecule has 0 bridgehead atoms. The van der Waals surface area contributed by atoms with Gasteiger partial charge in [-0.2, -0.15) is 8.42 Å². The first-order valence-corrected chi connectivity index (χ1v) is 4.30. The molecule has 0 spiro atoms. The zero-order valence-electron chi connectivity index (χ0n) is 6.27. The molecule has 0 atom stereocenters. The largest absolute Gasteiger partial charge is 0.316 e. The van der Waals surface area contributed by atoms with Crippen LogP contribution in [0.15, 0.2) is 35.2 Å². The van der Waals surface area contributed by atoms with Gasteiger partial charge in [-0.3, -0.25) is 0 Å². The van der Waals surface area contributed by atoms with Crippen molar-refractivity contribution in [2.24, 2.45) is 4.36 Å². The van der Waals surface area contributed by atoms with E-state index in [1.807, 2.05) is 0 Å². The van der Waals surface area contributed by atoms with Crippen molar-refractivity contribution in [3.05, 3.63) is 36.4 Å². The predicted octanol–water partition coefficient (Wildman–Crippen LogP) is 2.02. The summed E-state index contributed by atoms with van der Waals surface area (Å²) in [6.07, 6.45) is 1.56. The van der Waals surface area contributed by atoms with E-state index in [1.165, 1.54) is 0 Å². The summed E-state index contributed by atoms with van der Waals surface area (Å²) in [5, 5.41) is 0. The molecule has 0 aliphatic carbocycles. The van der Waals surface area contributed by atoms with Crippen molar-refractivity contribution in [2.45, 2.75) is 0 Å². The number of hydrogen-bond donors (Lipinski definition) is 0. The van der Waals surface area contributed by atoms with Gasteiger partial charge in [-0.15, -0.1) is 4.36 Å². The Kier molecular flexibility index (Phi) is 2.76. The van der Waals surface area contributed by atoms with E-state index in [-0.39, 0.29) is 0 Å². The van der Waals surface area contributed by atoms with Gasteiger partial charge in [-0.05, 0) is 6.07 Å². The molecule has 0 aliphatic heterocycles. The Morgan fingerprint density at radius 2 is 2.00 bits per heavy atom. The Morgan fingerprint density at radius 1 is 1.33 bits per heavy atom. The van der Waals surface area contributed by atoms with Gasteiger partial charge in [0.2, 0.25) is 0 Å². The van der Waals surface area contributed by atoms with Crippen molar-refractivity contribution in [3.63, 3.8) is 0 Å². The molecule has 0 heterocycles. The van der Waals surface area contributed by atoms with Gasteiger partial charge in [-0.1, -0.05) is 30.9 Å². The zero-order valence-corrected chi connectivity index (χ0v) is 7.08. The average molecular weight is 181 g/mol. The van der Waals surface area contributed by atoms with Gasteiger partial charge < -0.3 is 0 Å². The molecule has 12 heavy (non-hydrogen) atoms. The maximum atomic E-state index is 10.2. The summed E-state index contributed by atoms with van der Waals surface area (Å²) in [7, 11) is -2.40. The van der Waals surface area contributed by atoms with Crippen LogP contribution >= 0.6 is 0 Å². The summed E-state index contributed by atoms with van der Waals surface area (Å²) >= 11 is 0. The molecule has 62 valence electrons.